The number of benzene rings is 2. The van der Waals surface area contributed by atoms with Gasteiger partial charge in [0.1, 0.15) is 17.3 Å². The van der Waals surface area contributed by atoms with E-state index in [2.05, 4.69) is 20.5 Å². The molecule has 0 fully saturated rings. The first kappa shape index (κ1) is 21.0. The molecule has 2 aromatic carbocycles. The fraction of sp³-hybridized carbons (Fsp3) is 0.0417. The van der Waals surface area contributed by atoms with E-state index in [0.29, 0.717) is 17.0 Å². The molecule has 10 heteroatoms. The number of carbonyl (C=O) groups excluding carboxylic acids is 1. The highest BCUT2D eigenvalue weighted by Crippen LogP contribution is 2.30. The van der Waals surface area contributed by atoms with Crippen molar-refractivity contribution in [1.29, 1.82) is 5.26 Å². The molecule has 1 N–H and O–H groups in total. The summed E-state index contributed by atoms with van der Waals surface area (Å²) in [5.41, 5.74) is 3.05. The van der Waals surface area contributed by atoms with Crippen molar-refractivity contribution in [2.45, 2.75) is 0 Å². The Morgan fingerprint density at radius 1 is 1.03 bits per heavy atom. The van der Waals surface area contributed by atoms with Crippen LogP contribution in [-0.2, 0) is 7.05 Å². The maximum absolute atomic E-state index is 14.1. The summed E-state index contributed by atoms with van der Waals surface area (Å²) in [7, 11) is 1.78. The largest absolute Gasteiger partial charge is 0.305 e. The molecule has 0 saturated heterocycles. The Morgan fingerprint density at radius 3 is 2.59 bits per heavy atom. The molecule has 0 saturated carbocycles. The van der Waals surface area contributed by atoms with Crippen LogP contribution in [0.3, 0.4) is 0 Å². The predicted octanol–water partition coefficient (Wildman–Crippen LogP) is 4.20. The molecule has 5 aromatic rings. The minimum atomic E-state index is -0.745. The minimum absolute atomic E-state index is 0.168. The zero-order chi connectivity index (χ0) is 23.8. The summed E-state index contributed by atoms with van der Waals surface area (Å²) in [4.78, 5) is 16.8. The first-order valence-electron chi connectivity index (χ1n) is 10.1. The molecule has 0 bridgehead atoms. The predicted molar refractivity (Wildman–Crippen MR) is 120 cm³/mol. The molecule has 3 aromatic heterocycles. The Labute approximate surface area is 191 Å². The van der Waals surface area contributed by atoms with Crippen LogP contribution in [0.2, 0.25) is 0 Å². The number of rotatable bonds is 4. The number of aryl methyl sites for hydroxylation is 1. The van der Waals surface area contributed by atoms with E-state index in [0.717, 1.165) is 17.2 Å². The van der Waals surface area contributed by atoms with Gasteiger partial charge >= 0.3 is 0 Å². The topological polar surface area (TPSA) is 101 Å². The van der Waals surface area contributed by atoms with Gasteiger partial charge in [-0.1, -0.05) is 0 Å². The van der Waals surface area contributed by atoms with Crippen LogP contribution < -0.4 is 5.32 Å². The Hall–Kier alpha value is -4.91. The van der Waals surface area contributed by atoms with E-state index in [1.807, 2.05) is 6.07 Å². The molecule has 0 aliphatic carbocycles. The van der Waals surface area contributed by atoms with Crippen LogP contribution in [0.1, 0.15) is 15.9 Å². The normalized spacial score (nSPS) is 10.9. The number of nitrogens with zero attached hydrogens (tertiary/aromatic N) is 6. The number of anilines is 1. The second-order valence-electron chi connectivity index (χ2n) is 7.48. The molecule has 8 nitrogen and oxygen atoms in total. The standard InChI is InChI=1S/C24H15F2N7O/c1-32-12-18(23(31-32)15-3-5-16(25)6-4-15)20-8-9-22-28-21(13-33(22)30-20)29-24(34)17-10-14(11-27)2-7-19(17)26/h2-10,12-13H,1H3,(H,29,34). The molecule has 1 amide bonds. The van der Waals surface area contributed by atoms with Crippen molar-refractivity contribution in [3.63, 3.8) is 0 Å². The lowest BCUT2D eigenvalue weighted by molar-refractivity contribution is 0.102. The fourth-order valence-corrected chi connectivity index (χ4v) is 3.54. The SMILES string of the molecule is Cn1cc(-c2ccc3nc(NC(=O)c4cc(C#N)ccc4F)cn3n2)c(-c2ccc(F)cc2)n1. The van der Waals surface area contributed by atoms with Gasteiger partial charge in [-0.25, -0.2) is 18.3 Å². The number of nitriles is 1. The first-order valence-corrected chi connectivity index (χ1v) is 10.1. The summed E-state index contributed by atoms with van der Waals surface area (Å²) in [5, 5.41) is 20.6. The van der Waals surface area contributed by atoms with E-state index in [4.69, 9.17) is 5.26 Å². The van der Waals surface area contributed by atoms with E-state index in [-0.39, 0.29) is 22.8 Å². The van der Waals surface area contributed by atoms with Gasteiger partial charge in [-0.2, -0.15) is 15.5 Å². The van der Waals surface area contributed by atoms with Crippen LogP contribution in [0, 0.1) is 23.0 Å². The van der Waals surface area contributed by atoms with Crippen molar-refractivity contribution in [3.8, 4) is 28.6 Å². The van der Waals surface area contributed by atoms with Crippen molar-refractivity contribution in [3.05, 3.63) is 89.8 Å². The van der Waals surface area contributed by atoms with Crippen LogP contribution in [0.5, 0.6) is 0 Å². The van der Waals surface area contributed by atoms with Gasteiger partial charge < -0.3 is 5.32 Å². The number of hydrogen-bond donors (Lipinski definition) is 1. The van der Waals surface area contributed by atoms with Crippen molar-refractivity contribution >= 4 is 17.4 Å². The molecule has 5 rings (SSSR count). The number of nitrogens with one attached hydrogen (secondary N) is 1. The average Bonchev–Trinajstić information content (AvgIpc) is 3.42. The number of halogens is 2. The average molecular weight is 455 g/mol. The maximum atomic E-state index is 14.1. The van der Waals surface area contributed by atoms with Gasteiger partial charge in [-0.15, -0.1) is 0 Å². The summed E-state index contributed by atoms with van der Waals surface area (Å²) in [6.45, 7) is 0. The Morgan fingerprint density at radius 2 is 1.82 bits per heavy atom. The monoisotopic (exact) mass is 455 g/mol. The van der Waals surface area contributed by atoms with Crippen molar-refractivity contribution in [2.75, 3.05) is 5.32 Å². The third-order valence-corrected chi connectivity index (χ3v) is 5.12. The second-order valence-corrected chi connectivity index (χ2v) is 7.48. The van der Waals surface area contributed by atoms with E-state index < -0.39 is 11.7 Å². The molecular weight excluding hydrogens is 440 g/mol. The third kappa shape index (κ3) is 3.86. The number of imidazole rings is 1. The van der Waals surface area contributed by atoms with Gasteiger partial charge in [-0.05, 0) is 54.6 Å². The number of aromatic nitrogens is 5. The highest BCUT2D eigenvalue weighted by molar-refractivity contribution is 6.04. The van der Waals surface area contributed by atoms with Gasteiger partial charge in [0, 0.05) is 24.4 Å². The lowest BCUT2D eigenvalue weighted by Crippen LogP contribution is -2.14. The first-order chi connectivity index (χ1) is 16.4. The zero-order valence-corrected chi connectivity index (χ0v) is 17.7. The highest BCUT2D eigenvalue weighted by Gasteiger charge is 2.17. The van der Waals surface area contributed by atoms with Crippen molar-refractivity contribution in [2.24, 2.45) is 7.05 Å². The maximum Gasteiger partial charge on any atom is 0.259 e. The van der Waals surface area contributed by atoms with Crippen LogP contribution in [0.25, 0.3) is 28.2 Å². The molecular formula is C24H15F2N7O. The fourth-order valence-electron chi connectivity index (χ4n) is 3.54. The Balaban J connectivity index is 1.47. The molecule has 0 spiro atoms. The summed E-state index contributed by atoms with van der Waals surface area (Å²) >= 11 is 0. The molecule has 0 aliphatic rings. The number of hydrogen-bond acceptors (Lipinski definition) is 5. The Bertz CT molecular complexity index is 1600. The number of amides is 1. The second kappa shape index (κ2) is 8.22. The molecule has 0 unspecified atom stereocenters. The summed E-state index contributed by atoms with van der Waals surface area (Å²) < 4.78 is 30.5. The van der Waals surface area contributed by atoms with E-state index in [1.54, 1.807) is 42.2 Å². The van der Waals surface area contributed by atoms with Crippen molar-refractivity contribution < 1.29 is 13.6 Å². The van der Waals surface area contributed by atoms with Crippen LogP contribution in [0.15, 0.2) is 67.0 Å². The number of fused-ring (bicyclic) bond motifs is 1. The number of carbonyl (C=O) groups is 1. The van der Waals surface area contributed by atoms with Gasteiger partial charge in [0.25, 0.3) is 5.91 Å². The lowest BCUT2D eigenvalue weighted by atomic mass is 10.1. The van der Waals surface area contributed by atoms with E-state index in [9.17, 15) is 13.6 Å². The molecule has 0 radical (unpaired) electrons. The van der Waals surface area contributed by atoms with Crippen LogP contribution >= 0.6 is 0 Å². The highest BCUT2D eigenvalue weighted by atomic mass is 19.1. The molecule has 0 aliphatic heterocycles. The van der Waals surface area contributed by atoms with Gasteiger partial charge in [0.05, 0.1) is 29.1 Å². The summed E-state index contributed by atoms with van der Waals surface area (Å²) in [6.07, 6.45) is 3.30. The Kier molecular flexibility index (Phi) is 5.07. The lowest BCUT2D eigenvalue weighted by Gasteiger charge is -2.03. The van der Waals surface area contributed by atoms with Gasteiger partial charge in [0.2, 0.25) is 0 Å². The van der Waals surface area contributed by atoms with E-state index in [1.165, 1.54) is 35.0 Å². The smallest absolute Gasteiger partial charge is 0.259 e. The van der Waals surface area contributed by atoms with Crippen molar-refractivity contribution in [1.82, 2.24) is 24.4 Å². The summed E-state index contributed by atoms with van der Waals surface area (Å²) in [6, 6.07) is 14.9. The van der Waals surface area contributed by atoms with Crippen LogP contribution in [-0.4, -0.2) is 30.3 Å². The molecule has 0 atom stereocenters. The summed E-state index contributed by atoms with van der Waals surface area (Å²) in [5.74, 6) is -1.65. The quantitative estimate of drug-likeness (QED) is 0.438. The van der Waals surface area contributed by atoms with Gasteiger partial charge in [0.15, 0.2) is 11.5 Å². The molecule has 3 heterocycles. The zero-order valence-electron chi connectivity index (χ0n) is 17.7. The van der Waals surface area contributed by atoms with Gasteiger partial charge in [-0.3, -0.25) is 9.48 Å². The minimum Gasteiger partial charge on any atom is -0.305 e. The van der Waals surface area contributed by atoms with Crippen LogP contribution in [0.4, 0.5) is 14.6 Å². The molecule has 166 valence electrons. The molecule has 34 heavy (non-hydrogen) atoms. The van der Waals surface area contributed by atoms with E-state index >= 15 is 0 Å². The third-order valence-electron chi connectivity index (χ3n) is 5.12.